The Morgan fingerprint density at radius 2 is 2.00 bits per heavy atom. The fraction of sp³-hybridized carbons (Fsp3) is 0.211. The molecule has 1 amide bonds. The van der Waals surface area contributed by atoms with Crippen LogP contribution in [-0.4, -0.2) is 28.0 Å². The first-order valence-corrected chi connectivity index (χ1v) is 10.6. The fourth-order valence-electron chi connectivity index (χ4n) is 2.40. The topological polar surface area (TPSA) is 56.1 Å². The molecule has 0 fully saturated rings. The summed E-state index contributed by atoms with van der Waals surface area (Å²) in [5.41, 5.74) is 2.80. The van der Waals surface area contributed by atoms with E-state index in [9.17, 15) is 4.79 Å². The Labute approximate surface area is 171 Å². The summed E-state index contributed by atoms with van der Waals surface area (Å²) in [7, 11) is 0. The Morgan fingerprint density at radius 1 is 1.26 bits per heavy atom. The molecular weight excluding hydrogens is 398 g/mol. The molecule has 0 unspecified atom stereocenters. The number of carbonyl (C=O) groups excluding carboxylic acids is 1. The van der Waals surface area contributed by atoms with Gasteiger partial charge in [0.2, 0.25) is 5.91 Å². The Balaban J connectivity index is 1.60. The summed E-state index contributed by atoms with van der Waals surface area (Å²) in [5, 5.41) is 7.42. The molecule has 3 aromatic rings. The van der Waals surface area contributed by atoms with E-state index in [0.29, 0.717) is 10.6 Å². The molecule has 0 aliphatic carbocycles. The zero-order chi connectivity index (χ0) is 19.2. The molecule has 3 rings (SSSR count). The van der Waals surface area contributed by atoms with E-state index in [-0.39, 0.29) is 11.7 Å². The van der Waals surface area contributed by atoms with Crippen LogP contribution in [0.1, 0.15) is 12.5 Å². The maximum atomic E-state index is 12.2. The van der Waals surface area contributed by atoms with Gasteiger partial charge in [0.05, 0.1) is 18.0 Å². The number of nitrogens with one attached hydrogen (secondary N) is 1. The van der Waals surface area contributed by atoms with Gasteiger partial charge in [-0.1, -0.05) is 41.3 Å². The molecule has 0 radical (unpaired) electrons. The molecule has 0 aliphatic heterocycles. The fourth-order valence-corrected chi connectivity index (χ4v) is 4.55. The Hall–Kier alpha value is -2.16. The van der Waals surface area contributed by atoms with Crippen molar-refractivity contribution in [3.63, 3.8) is 0 Å². The number of amides is 1. The van der Waals surface area contributed by atoms with E-state index in [2.05, 4.69) is 10.4 Å². The molecule has 0 atom stereocenters. The molecule has 0 bridgehead atoms. The van der Waals surface area contributed by atoms with Crippen LogP contribution in [0.2, 0.25) is 0 Å². The van der Waals surface area contributed by atoms with E-state index in [1.165, 1.54) is 23.1 Å². The number of hydrogen-bond acceptors (Lipinski definition) is 6. The number of aryl methyl sites for hydroxylation is 1. The van der Waals surface area contributed by atoms with Crippen molar-refractivity contribution < 1.29 is 9.53 Å². The van der Waals surface area contributed by atoms with E-state index in [1.807, 2.05) is 62.4 Å². The zero-order valence-corrected chi connectivity index (χ0v) is 17.4. The van der Waals surface area contributed by atoms with Crippen LogP contribution >= 0.6 is 35.3 Å². The maximum absolute atomic E-state index is 12.2. The van der Waals surface area contributed by atoms with Gasteiger partial charge in [-0.2, -0.15) is 0 Å². The summed E-state index contributed by atoms with van der Waals surface area (Å²) in [4.78, 5) is 12.2. The minimum Gasteiger partial charge on any atom is -0.494 e. The van der Waals surface area contributed by atoms with Gasteiger partial charge < -0.3 is 10.1 Å². The minimum atomic E-state index is -0.0901. The van der Waals surface area contributed by atoms with Crippen LogP contribution in [0.25, 0.3) is 5.69 Å². The average Bonchev–Trinajstić information content (AvgIpc) is 3.03. The number of carbonyl (C=O) groups is 1. The number of rotatable bonds is 7. The summed E-state index contributed by atoms with van der Waals surface area (Å²) >= 11 is 8.21. The second-order valence-electron chi connectivity index (χ2n) is 5.63. The van der Waals surface area contributed by atoms with Crippen LogP contribution < -0.4 is 10.1 Å². The van der Waals surface area contributed by atoms with Crippen LogP contribution in [0.15, 0.2) is 52.9 Å². The van der Waals surface area contributed by atoms with Crippen LogP contribution in [0.3, 0.4) is 0 Å². The average molecular weight is 418 g/mol. The van der Waals surface area contributed by atoms with Crippen LogP contribution in [0, 0.1) is 10.9 Å². The van der Waals surface area contributed by atoms with Crippen molar-refractivity contribution in [3.8, 4) is 11.4 Å². The lowest BCUT2D eigenvalue weighted by atomic mass is 10.2. The van der Waals surface area contributed by atoms with Crippen LogP contribution in [0.5, 0.6) is 5.75 Å². The lowest BCUT2D eigenvalue weighted by Gasteiger charge is -2.06. The summed E-state index contributed by atoms with van der Waals surface area (Å²) in [6.07, 6.45) is 0. The zero-order valence-electron chi connectivity index (χ0n) is 15.0. The van der Waals surface area contributed by atoms with E-state index >= 15 is 0 Å². The van der Waals surface area contributed by atoms with Crippen LogP contribution in [0.4, 0.5) is 5.69 Å². The summed E-state index contributed by atoms with van der Waals surface area (Å²) < 4.78 is 8.58. The van der Waals surface area contributed by atoms with Gasteiger partial charge in [0.15, 0.2) is 8.29 Å². The molecule has 0 saturated carbocycles. The Bertz CT molecular complexity index is 980. The third kappa shape index (κ3) is 5.18. The molecule has 5 nitrogen and oxygen atoms in total. The first-order chi connectivity index (χ1) is 13.1. The number of aromatic nitrogens is 2. The number of ether oxygens (including phenoxy) is 1. The molecule has 2 aromatic carbocycles. The normalized spacial score (nSPS) is 10.6. The molecular formula is C19H19N3O2S3. The molecule has 27 heavy (non-hydrogen) atoms. The van der Waals surface area contributed by atoms with Crippen molar-refractivity contribution in [2.45, 2.75) is 18.2 Å². The molecule has 0 saturated heterocycles. The number of hydrogen-bond donors (Lipinski definition) is 1. The van der Waals surface area contributed by atoms with E-state index < -0.39 is 0 Å². The predicted molar refractivity (Wildman–Crippen MR) is 114 cm³/mol. The third-order valence-electron chi connectivity index (χ3n) is 3.65. The van der Waals surface area contributed by atoms with Gasteiger partial charge in [0, 0.05) is 5.69 Å². The van der Waals surface area contributed by atoms with Crippen molar-refractivity contribution in [1.29, 1.82) is 0 Å². The first-order valence-electron chi connectivity index (χ1n) is 8.38. The van der Waals surface area contributed by atoms with Gasteiger partial charge in [-0.15, -0.1) is 5.10 Å². The number of nitrogens with zero attached hydrogens (tertiary/aromatic N) is 2. The molecule has 1 N–H and O–H groups in total. The number of anilines is 1. The highest BCUT2D eigenvalue weighted by Crippen LogP contribution is 2.25. The van der Waals surface area contributed by atoms with Gasteiger partial charge in [-0.05, 0) is 62.0 Å². The molecule has 1 aromatic heterocycles. The minimum absolute atomic E-state index is 0.0901. The number of thioether (sulfide) groups is 1. The van der Waals surface area contributed by atoms with Crippen LogP contribution in [-0.2, 0) is 4.79 Å². The van der Waals surface area contributed by atoms with Crippen molar-refractivity contribution in [1.82, 2.24) is 9.78 Å². The van der Waals surface area contributed by atoms with Gasteiger partial charge >= 0.3 is 0 Å². The summed E-state index contributed by atoms with van der Waals surface area (Å²) in [5.74, 6) is 0.961. The second kappa shape index (κ2) is 9.16. The highest BCUT2D eigenvalue weighted by molar-refractivity contribution is 8.01. The smallest absolute Gasteiger partial charge is 0.234 e. The van der Waals surface area contributed by atoms with E-state index in [1.54, 1.807) is 4.68 Å². The molecule has 0 spiro atoms. The first kappa shape index (κ1) is 19.6. The van der Waals surface area contributed by atoms with Gasteiger partial charge in [0.25, 0.3) is 0 Å². The third-order valence-corrected chi connectivity index (χ3v) is 6.01. The maximum Gasteiger partial charge on any atom is 0.234 e. The van der Waals surface area contributed by atoms with Crippen molar-refractivity contribution in [2.24, 2.45) is 0 Å². The molecule has 1 heterocycles. The van der Waals surface area contributed by atoms with E-state index in [4.69, 9.17) is 17.0 Å². The lowest BCUT2D eigenvalue weighted by molar-refractivity contribution is -0.113. The lowest BCUT2D eigenvalue weighted by Crippen LogP contribution is -2.13. The van der Waals surface area contributed by atoms with Crippen molar-refractivity contribution >= 4 is 46.9 Å². The molecule has 0 aliphatic rings. The number of benzene rings is 2. The van der Waals surface area contributed by atoms with Crippen molar-refractivity contribution in [2.75, 3.05) is 17.7 Å². The van der Waals surface area contributed by atoms with Gasteiger partial charge in [0.1, 0.15) is 5.75 Å². The monoisotopic (exact) mass is 417 g/mol. The molecule has 140 valence electrons. The van der Waals surface area contributed by atoms with Crippen molar-refractivity contribution in [3.05, 3.63) is 58.0 Å². The Kier molecular flexibility index (Phi) is 6.65. The predicted octanol–water partition coefficient (Wildman–Crippen LogP) is 5.10. The highest BCUT2D eigenvalue weighted by Gasteiger charge is 2.10. The molecule has 8 heteroatoms. The largest absolute Gasteiger partial charge is 0.494 e. The second-order valence-corrected chi connectivity index (χ2v) is 8.47. The summed E-state index contributed by atoms with van der Waals surface area (Å²) in [6.45, 7) is 4.57. The van der Waals surface area contributed by atoms with Gasteiger partial charge in [-0.3, -0.25) is 4.79 Å². The van der Waals surface area contributed by atoms with Gasteiger partial charge in [-0.25, -0.2) is 4.68 Å². The standard InChI is InChI=1S/C19H19N3O2S3/c1-3-24-15-10-8-14(9-11-15)20-17(23)12-26-18-21-22(19(25)27-18)16-7-5-4-6-13(16)2/h4-11H,3,12H2,1-2H3,(H,20,23). The SMILES string of the molecule is CCOc1ccc(NC(=O)CSc2nn(-c3ccccc3C)c(=S)s2)cc1. The Morgan fingerprint density at radius 3 is 2.70 bits per heavy atom. The van der Waals surface area contributed by atoms with E-state index in [0.717, 1.165) is 27.0 Å². The number of para-hydroxylation sites is 1. The highest BCUT2D eigenvalue weighted by atomic mass is 32.2. The summed E-state index contributed by atoms with van der Waals surface area (Å²) in [6, 6.07) is 15.3. The quantitative estimate of drug-likeness (QED) is 0.428.